The van der Waals surface area contributed by atoms with Crippen molar-refractivity contribution in [2.75, 3.05) is 7.11 Å². The maximum Gasteiger partial charge on any atom is 0.196 e. The molecule has 0 aliphatic rings. The zero-order valence-corrected chi connectivity index (χ0v) is 17.1. The number of para-hydroxylation sites is 2. The van der Waals surface area contributed by atoms with Crippen LogP contribution >= 0.6 is 23.4 Å². The van der Waals surface area contributed by atoms with Crippen molar-refractivity contribution in [2.45, 2.75) is 10.9 Å². The Morgan fingerprint density at radius 3 is 2.48 bits per heavy atom. The molecule has 7 heteroatoms. The monoisotopic (exact) mass is 425 g/mol. The zero-order valence-electron chi connectivity index (χ0n) is 15.5. The molecular formula is C22H17ClFN3OS. The van der Waals surface area contributed by atoms with Gasteiger partial charge in [-0.15, -0.1) is 10.2 Å². The lowest BCUT2D eigenvalue weighted by molar-refractivity contribution is 0.412. The van der Waals surface area contributed by atoms with Crippen molar-refractivity contribution >= 4 is 23.4 Å². The van der Waals surface area contributed by atoms with Crippen molar-refractivity contribution in [3.8, 4) is 22.8 Å². The first kappa shape index (κ1) is 19.5. The second kappa shape index (κ2) is 8.68. The molecule has 4 rings (SSSR count). The smallest absolute Gasteiger partial charge is 0.196 e. The predicted molar refractivity (Wildman–Crippen MR) is 114 cm³/mol. The summed E-state index contributed by atoms with van der Waals surface area (Å²) in [5.41, 5.74) is 2.14. The van der Waals surface area contributed by atoms with Crippen LogP contribution in [-0.4, -0.2) is 21.9 Å². The maximum atomic E-state index is 14.1. The van der Waals surface area contributed by atoms with Crippen LogP contribution in [-0.2, 0) is 5.75 Å². The standard InChI is InChI=1S/C22H17ClFN3OS/c1-28-20-13-7-6-12-19(20)27-21(16-9-3-4-10-17(16)23)25-26-22(27)29-14-15-8-2-5-11-18(15)24/h2-13H,14H2,1H3. The highest BCUT2D eigenvalue weighted by molar-refractivity contribution is 7.98. The van der Waals surface area contributed by atoms with E-state index in [4.69, 9.17) is 16.3 Å². The van der Waals surface area contributed by atoms with Crippen LogP contribution in [0.3, 0.4) is 0 Å². The van der Waals surface area contributed by atoms with Gasteiger partial charge in [0.05, 0.1) is 17.8 Å². The molecule has 1 aromatic heterocycles. The Balaban J connectivity index is 1.82. The molecule has 0 amide bonds. The van der Waals surface area contributed by atoms with Gasteiger partial charge in [0, 0.05) is 11.3 Å². The number of benzene rings is 3. The van der Waals surface area contributed by atoms with Gasteiger partial charge in [-0.1, -0.05) is 65.8 Å². The van der Waals surface area contributed by atoms with Gasteiger partial charge in [0.2, 0.25) is 0 Å². The largest absolute Gasteiger partial charge is 0.495 e. The molecule has 4 aromatic rings. The molecule has 4 nitrogen and oxygen atoms in total. The first-order valence-electron chi connectivity index (χ1n) is 8.89. The summed E-state index contributed by atoms with van der Waals surface area (Å²) in [5, 5.41) is 9.95. The summed E-state index contributed by atoms with van der Waals surface area (Å²) in [6.07, 6.45) is 0. The Kier molecular flexibility index (Phi) is 5.83. The molecule has 1 heterocycles. The van der Waals surface area contributed by atoms with Gasteiger partial charge in [0.1, 0.15) is 11.6 Å². The summed E-state index contributed by atoms with van der Waals surface area (Å²) >= 11 is 7.83. The van der Waals surface area contributed by atoms with Crippen LogP contribution in [0.1, 0.15) is 5.56 Å². The zero-order chi connectivity index (χ0) is 20.2. The van der Waals surface area contributed by atoms with Gasteiger partial charge < -0.3 is 4.74 Å². The van der Waals surface area contributed by atoms with Crippen molar-refractivity contribution in [1.82, 2.24) is 14.8 Å². The average Bonchev–Trinajstić information content (AvgIpc) is 3.17. The Hall–Kier alpha value is -2.83. The van der Waals surface area contributed by atoms with Crippen molar-refractivity contribution in [3.05, 3.63) is 89.2 Å². The second-order valence-electron chi connectivity index (χ2n) is 6.17. The van der Waals surface area contributed by atoms with E-state index in [0.717, 1.165) is 11.3 Å². The van der Waals surface area contributed by atoms with E-state index in [9.17, 15) is 4.39 Å². The molecule has 0 radical (unpaired) electrons. The molecule has 0 unspecified atom stereocenters. The van der Waals surface area contributed by atoms with Crippen molar-refractivity contribution in [2.24, 2.45) is 0 Å². The van der Waals surface area contributed by atoms with E-state index >= 15 is 0 Å². The van der Waals surface area contributed by atoms with Crippen LogP contribution in [0.2, 0.25) is 5.02 Å². The summed E-state index contributed by atoms with van der Waals surface area (Å²) in [4.78, 5) is 0. The molecule has 146 valence electrons. The van der Waals surface area contributed by atoms with E-state index in [1.807, 2.05) is 59.2 Å². The number of rotatable bonds is 6. The molecule has 0 saturated carbocycles. The highest BCUT2D eigenvalue weighted by Crippen LogP contribution is 2.35. The Morgan fingerprint density at radius 1 is 0.966 bits per heavy atom. The number of ether oxygens (including phenoxy) is 1. The lowest BCUT2D eigenvalue weighted by Crippen LogP contribution is -2.02. The molecule has 0 saturated heterocycles. The van der Waals surface area contributed by atoms with Gasteiger partial charge >= 0.3 is 0 Å². The third-order valence-electron chi connectivity index (χ3n) is 4.39. The van der Waals surface area contributed by atoms with E-state index < -0.39 is 0 Å². The number of hydrogen-bond donors (Lipinski definition) is 0. The molecule has 0 bridgehead atoms. The van der Waals surface area contributed by atoms with E-state index in [1.165, 1.54) is 17.8 Å². The number of methoxy groups -OCH3 is 1. The van der Waals surface area contributed by atoms with E-state index in [0.29, 0.717) is 33.1 Å². The van der Waals surface area contributed by atoms with Gasteiger partial charge in [-0.05, 0) is 35.9 Å². The van der Waals surface area contributed by atoms with Gasteiger partial charge in [-0.3, -0.25) is 4.57 Å². The molecule has 0 fully saturated rings. The minimum Gasteiger partial charge on any atom is -0.495 e. The number of halogens is 2. The number of thioether (sulfide) groups is 1. The van der Waals surface area contributed by atoms with E-state index in [1.54, 1.807) is 19.2 Å². The normalized spacial score (nSPS) is 10.9. The first-order chi connectivity index (χ1) is 14.2. The van der Waals surface area contributed by atoms with Crippen molar-refractivity contribution in [3.63, 3.8) is 0 Å². The maximum absolute atomic E-state index is 14.1. The van der Waals surface area contributed by atoms with Crippen molar-refractivity contribution in [1.29, 1.82) is 0 Å². The molecule has 0 spiro atoms. The summed E-state index contributed by atoms with van der Waals surface area (Å²) in [6.45, 7) is 0. The summed E-state index contributed by atoms with van der Waals surface area (Å²) in [6, 6.07) is 21.8. The predicted octanol–water partition coefficient (Wildman–Crippen LogP) is 6.03. The lowest BCUT2D eigenvalue weighted by atomic mass is 10.2. The third-order valence-corrected chi connectivity index (χ3v) is 5.70. The van der Waals surface area contributed by atoms with Crippen LogP contribution < -0.4 is 4.74 Å². The summed E-state index contributed by atoms with van der Waals surface area (Å²) in [7, 11) is 1.62. The molecule has 0 aliphatic carbocycles. The lowest BCUT2D eigenvalue weighted by Gasteiger charge is -2.14. The summed E-state index contributed by atoms with van der Waals surface area (Å²) < 4.78 is 21.5. The second-order valence-corrected chi connectivity index (χ2v) is 7.52. The first-order valence-corrected chi connectivity index (χ1v) is 10.3. The molecule has 29 heavy (non-hydrogen) atoms. The highest BCUT2D eigenvalue weighted by atomic mass is 35.5. The van der Waals surface area contributed by atoms with Crippen LogP contribution in [0.25, 0.3) is 17.1 Å². The number of nitrogens with zero attached hydrogens (tertiary/aromatic N) is 3. The molecule has 0 N–H and O–H groups in total. The molecular weight excluding hydrogens is 409 g/mol. The Morgan fingerprint density at radius 2 is 1.69 bits per heavy atom. The third kappa shape index (κ3) is 3.99. The molecule has 0 aliphatic heterocycles. The van der Waals surface area contributed by atoms with Gasteiger partial charge in [-0.25, -0.2) is 4.39 Å². The van der Waals surface area contributed by atoms with Gasteiger partial charge in [0.25, 0.3) is 0 Å². The van der Waals surface area contributed by atoms with Crippen LogP contribution in [0.4, 0.5) is 4.39 Å². The van der Waals surface area contributed by atoms with E-state index in [-0.39, 0.29) is 5.82 Å². The van der Waals surface area contributed by atoms with Gasteiger partial charge in [-0.2, -0.15) is 0 Å². The average molecular weight is 426 g/mol. The van der Waals surface area contributed by atoms with Crippen molar-refractivity contribution < 1.29 is 9.13 Å². The van der Waals surface area contributed by atoms with Gasteiger partial charge in [0.15, 0.2) is 11.0 Å². The van der Waals surface area contributed by atoms with E-state index in [2.05, 4.69) is 10.2 Å². The van der Waals surface area contributed by atoms with Crippen LogP contribution in [0.15, 0.2) is 78.0 Å². The Labute approximate surface area is 177 Å². The Bertz CT molecular complexity index is 1150. The number of hydrogen-bond acceptors (Lipinski definition) is 4. The highest BCUT2D eigenvalue weighted by Gasteiger charge is 2.20. The minimum absolute atomic E-state index is 0.241. The minimum atomic E-state index is -0.241. The van der Waals surface area contributed by atoms with Crippen LogP contribution in [0, 0.1) is 5.82 Å². The molecule has 3 aromatic carbocycles. The summed E-state index contributed by atoms with van der Waals surface area (Å²) in [5.74, 6) is 1.45. The fourth-order valence-corrected chi connectivity index (χ4v) is 4.12. The molecule has 0 atom stereocenters. The fourth-order valence-electron chi connectivity index (χ4n) is 2.97. The fraction of sp³-hybridized carbons (Fsp3) is 0.0909. The quantitative estimate of drug-likeness (QED) is 0.354. The number of aromatic nitrogens is 3. The topological polar surface area (TPSA) is 39.9 Å². The SMILES string of the molecule is COc1ccccc1-n1c(SCc2ccccc2F)nnc1-c1ccccc1Cl. The van der Waals surface area contributed by atoms with Crippen LogP contribution in [0.5, 0.6) is 5.75 Å².